The summed E-state index contributed by atoms with van der Waals surface area (Å²) >= 11 is 0. The minimum atomic E-state index is -0.908. The van der Waals surface area contributed by atoms with E-state index in [9.17, 15) is 9.00 Å². The van der Waals surface area contributed by atoms with Crippen molar-refractivity contribution in [3.8, 4) is 5.75 Å². The first-order valence-electron chi connectivity index (χ1n) is 7.86. The molecule has 0 aliphatic heterocycles. The number of hydrogen-bond donors (Lipinski definition) is 1. The Balaban J connectivity index is 2.38. The van der Waals surface area contributed by atoms with E-state index in [0.717, 1.165) is 25.0 Å². The molecule has 21 heavy (non-hydrogen) atoms. The Kier molecular flexibility index (Phi) is 9.06. The van der Waals surface area contributed by atoms with Crippen molar-refractivity contribution in [2.45, 2.75) is 58.1 Å². The molecule has 0 amide bonds. The minimum Gasteiger partial charge on any atom is -0.488 e. The standard InChI is InChI=1S/C16H27NO3S/c1-3-5-6-7-8-10-21(19)13-14-11-15(18)16(12-17-14)20-9-4-2/h11-12H,3-10,13H2,1-2H3,(H,17,18). The van der Waals surface area contributed by atoms with E-state index in [2.05, 4.69) is 11.9 Å². The molecule has 0 fully saturated rings. The molecule has 0 bridgehead atoms. The quantitative estimate of drug-likeness (QED) is 0.637. The normalized spacial score (nSPS) is 12.3. The Morgan fingerprint density at radius 1 is 1.14 bits per heavy atom. The van der Waals surface area contributed by atoms with Crippen LogP contribution in [0.4, 0.5) is 0 Å². The van der Waals surface area contributed by atoms with Crippen LogP contribution in [0.25, 0.3) is 0 Å². The van der Waals surface area contributed by atoms with Crippen molar-refractivity contribution in [1.29, 1.82) is 0 Å². The number of hydrogen-bond acceptors (Lipinski definition) is 3. The Morgan fingerprint density at radius 2 is 1.90 bits per heavy atom. The predicted octanol–water partition coefficient (Wildman–Crippen LogP) is 3.38. The molecule has 5 heteroatoms. The van der Waals surface area contributed by atoms with Crippen molar-refractivity contribution >= 4 is 10.8 Å². The number of unbranched alkanes of at least 4 members (excludes halogenated alkanes) is 4. The second-order valence-corrected chi connectivity index (χ2v) is 6.81. The number of aromatic nitrogens is 1. The third-order valence-electron chi connectivity index (χ3n) is 3.19. The summed E-state index contributed by atoms with van der Waals surface area (Å²) in [5, 5.41) is 0. The molecule has 1 aromatic rings. The van der Waals surface area contributed by atoms with Gasteiger partial charge < -0.3 is 9.72 Å². The van der Waals surface area contributed by atoms with Crippen molar-refractivity contribution in [3.63, 3.8) is 0 Å². The lowest BCUT2D eigenvalue weighted by atomic mass is 10.2. The Labute approximate surface area is 129 Å². The largest absolute Gasteiger partial charge is 0.488 e. The van der Waals surface area contributed by atoms with Gasteiger partial charge in [0.15, 0.2) is 5.75 Å². The minimum absolute atomic E-state index is 0.142. The SMILES string of the molecule is CCCCCCCS(=O)Cc1cc(=O)c(OCCC)c[nH]1. The monoisotopic (exact) mass is 313 g/mol. The van der Waals surface area contributed by atoms with Gasteiger partial charge in [-0.25, -0.2) is 0 Å². The third kappa shape index (κ3) is 7.46. The third-order valence-corrected chi connectivity index (χ3v) is 4.57. The van der Waals surface area contributed by atoms with Crippen LogP contribution < -0.4 is 10.2 Å². The molecule has 0 saturated heterocycles. The molecule has 1 heterocycles. The molecule has 4 nitrogen and oxygen atoms in total. The second kappa shape index (κ2) is 10.6. The van der Waals surface area contributed by atoms with Gasteiger partial charge in [0, 0.05) is 34.5 Å². The van der Waals surface area contributed by atoms with Crippen molar-refractivity contribution in [2.75, 3.05) is 12.4 Å². The molecule has 1 rings (SSSR count). The summed E-state index contributed by atoms with van der Waals surface area (Å²) in [7, 11) is -0.908. The Morgan fingerprint density at radius 3 is 2.57 bits per heavy atom. The van der Waals surface area contributed by atoms with Crippen LogP contribution in [0.2, 0.25) is 0 Å². The first-order valence-corrected chi connectivity index (χ1v) is 9.35. The maximum absolute atomic E-state index is 12.0. The lowest BCUT2D eigenvalue weighted by molar-refractivity contribution is 0.313. The fourth-order valence-corrected chi connectivity index (χ4v) is 3.20. The lowest BCUT2D eigenvalue weighted by Gasteiger charge is -2.06. The molecule has 0 aliphatic rings. The van der Waals surface area contributed by atoms with Gasteiger partial charge in [-0.05, 0) is 12.8 Å². The molecular formula is C16H27NO3S. The van der Waals surface area contributed by atoms with Crippen LogP contribution >= 0.6 is 0 Å². The van der Waals surface area contributed by atoms with Gasteiger partial charge in [-0.15, -0.1) is 0 Å². The summed E-state index contributed by atoms with van der Waals surface area (Å²) in [6.07, 6.45) is 8.26. The topological polar surface area (TPSA) is 59.2 Å². The zero-order valence-corrected chi connectivity index (χ0v) is 14.0. The van der Waals surface area contributed by atoms with Crippen molar-refractivity contribution < 1.29 is 8.95 Å². The second-order valence-electron chi connectivity index (χ2n) is 5.24. The smallest absolute Gasteiger partial charge is 0.223 e. The van der Waals surface area contributed by atoms with E-state index >= 15 is 0 Å². The van der Waals surface area contributed by atoms with Gasteiger partial charge in [-0.3, -0.25) is 9.00 Å². The number of rotatable bonds is 11. The summed E-state index contributed by atoms with van der Waals surface area (Å²) in [6, 6.07) is 1.50. The first-order chi connectivity index (χ1) is 10.2. The first kappa shape index (κ1) is 18.0. The van der Waals surface area contributed by atoms with E-state index in [1.165, 1.54) is 25.3 Å². The van der Waals surface area contributed by atoms with Crippen LogP contribution in [0.1, 0.15) is 58.1 Å². The number of nitrogens with one attached hydrogen (secondary N) is 1. The molecule has 1 aromatic heterocycles. The summed E-state index contributed by atoms with van der Waals surface area (Å²) in [5.41, 5.74) is 0.577. The number of ether oxygens (including phenoxy) is 1. The van der Waals surface area contributed by atoms with Crippen molar-refractivity contribution in [1.82, 2.24) is 4.98 Å². The van der Waals surface area contributed by atoms with E-state index in [0.29, 0.717) is 23.9 Å². The predicted molar refractivity (Wildman–Crippen MR) is 88.3 cm³/mol. The molecule has 0 radical (unpaired) electrons. The van der Waals surface area contributed by atoms with Gasteiger partial charge >= 0.3 is 0 Å². The Hall–Kier alpha value is -1.10. The van der Waals surface area contributed by atoms with Crippen LogP contribution in [0.5, 0.6) is 5.75 Å². The van der Waals surface area contributed by atoms with E-state index in [1.807, 2.05) is 6.92 Å². The average molecular weight is 313 g/mol. The van der Waals surface area contributed by atoms with E-state index in [4.69, 9.17) is 4.74 Å². The van der Waals surface area contributed by atoms with Gasteiger partial charge in [0.1, 0.15) is 0 Å². The van der Waals surface area contributed by atoms with Crippen LogP contribution in [0, 0.1) is 0 Å². The molecule has 1 atom stereocenters. The van der Waals surface area contributed by atoms with Crippen LogP contribution in [-0.2, 0) is 16.6 Å². The van der Waals surface area contributed by atoms with Crippen molar-refractivity contribution in [3.05, 3.63) is 28.2 Å². The number of aromatic amines is 1. The highest BCUT2D eigenvalue weighted by Crippen LogP contribution is 2.07. The van der Waals surface area contributed by atoms with Gasteiger partial charge in [0.2, 0.25) is 5.43 Å². The number of H-pyrrole nitrogens is 1. The summed E-state index contributed by atoms with van der Waals surface area (Å²) in [6.45, 7) is 4.71. The molecule has 0 aromatic carbocycles. The highest BCUT2D eigenvalue weighted by atomic mass is 32.2. The molecule has 1 unspecified atom stereocenters. The maximum atomic E-state index is 12.0. The van der Waals surface area contributed by atoms with Gasteiger partial charge in [-0.1, -0.05) is 39.5 Å². The Bertz CT molecular complexity index is 485. The van der Waals surface area contributed by atoms with Crippen molar-refractivity contribution in [2.24, 2.45) is 0 Å². The molecule has 0 aliphatic carbocycles. The van der Waals surface area contributed by atoms with E-state index < -0.39 is 10.8 Å². The van der Waals surface area contributed by atoms with Crippen LogP contribution in [-0.4, -0.2) is 21.6 Å². The summed E-state index contributed by atoms with van der Waals surface area (Å²) < 4.78 is 17.3. The lowest BCUT2D eigenvalue weighted by Crippen LogP contribution is -2.11. The highest BCUT2D eigenvalue weighted by molar-refractivity contribution is 7.84. The maximum Gasteiger partial charge on any atom is 0.223 e. The van der Waals surface area contributed by atoms with E-state index in [-0.39, 0.29) is 5.43 Å². The summed E-state index contributed by atoms with van der Waals surface area (Å²) in [4.78, 5) is 14.8. The van der Waals surface area contributed by atoms with Crippen LogP contribution in [0.15, 0.2) is 17.1 Å². The van der Waals surface area contributed by atoms with Gasteiger partial charge in [0.05, 0.1) is 12.4 Å². The molecule has 120 valence electrons. The molecule has 0 spiro atoms. The fraction of sp³-hybridized carbons (Fsp3) is 0.688. The van der Waals surface area contributed by atoms with Gasteiger partial charge in [0.25, 0.3) is 0 Å². The average Bonchev–Trinajstić information content (AvgIpc) is 2.46. The molecular weight excluding hydrogens is 286 g/mol. The van der Waals surface area contributed by atoms with E-state index in [1.54, 1.807) is 6.20 Å². The zero-order chi connectivity index (χ0) is 15.5. The molecule has 1 N–H and O–H groups in total. The van der Waals surface area contributed by atoms with Crippen LogP contribution in [0.3, 0.4) is 0 Å². The summed E-state index contributed by atoms with van der Waals surface area (Å²) in [5.74, 6) is 1.46. The molecule has 0 saturated carbocycles. The number of pyridine rings is 1. The van der Waals surface area contributed by atoms with Gasteiger partial charge in [-0.2, -0.15) is 0 Å². The highest BCUT2D eigenvalue weighted by Gasteiger charge is 2.06. The zero-order valence-electron chi connectivity index (χ0n) is 13.2. The fourth-order valence-electron chi connectivity index (χ4n) is 2.02.